The SMILES string of the molecule is CC(=O)N(C)C1CCN(c2ccc(C(N)=O)c(C)c2)C1. The van der Waals surface area contributed by atoms with Gasteiger partial charge in [-0.05, 0) is 37.1 Å². The monoisotopic (exact) mass is 275 g/mol. The van der Waals surface area contributed by atoms with Crippen molar-refractivity contribution < 1.29 is 9.59 Å². The Bertz CT molecular complexity index is 542. The number of hydrogen-bond acceptors (Lipinski definition) is 3. The molecule has 0 spiro atoms. The zero-order valence-corrected chi connectivity index (χ0v) is 12.2. The van der Waals surface area contributed by atoms with E-state index < -0.39 is 5.91 Å². The Morgan fingerprint density at radius 1 is 1.40 bits per heavy atom. The fraction of sp³-hybridized carbons (Fsp3) is 0.467. The minimum Gasteiger partial charge on any atom is -0.369 e. The lowest BCUT2D eigenvalue weighted by Crippen LogP contribution is -2.37. The maximum absolute atomic E-state index is 11.4. The molecule has 2 amide bonds. The van der Waals surface area contributed by atoms with Crippen LogP contribution in [0.5, 0.6) is 0 Å². The van der Waals surface area contributed by atoms with Crippen LogP contribution in [0.3, 0.4) is 0 Å². The van der Waals surface area contributed by atoms with Crippen LogP contribution in [0, 0.1) is 6.92 Å². The van der Waals surface area contributed by atoms with E-state index in [4.69, 9.17) is 5.73 Å². The van der Waals surface area contributed by atoms with Gasteiger partial charge in [-0.1, -0.05) is 0 Å². The maximum atomic E-state index is 11.4. The Kier molecular flexibility index (Phi) is 3.97. The van der Waals surface area contributed by atoms with Gasteiger partial charge in [-0.2, -0.15) is 0 Å². The number of nitrogens with zero attached hydrogens (tertiary/aromatic N) is 2. The molecular formula is C15H21N3O2. The Labute approximate surface area is 119 Å². The van der Waals surface area contributed by atoms with Gasteiger partial charge in [0.15, 0.2) is 0 Å². The number of aryl methyl sites for hydroxylation is 1. The lowest BCUT2D eigenvalue weighted by Gasteiger charge is -2.24. The van der Waals surface area contributed by atoms with Crippen molar-refractivity contribution >= 4 is 17.5 Å². The molecule has 0 saturated carbocycles. The van der Waals surface area contributed by atoms with Gasteiger partial charge in [-0.3, -0.25) is 9.59 Å². The summed E-state index contributed by atoms with van der Waals surface area (Å²) in [7, 11) is 1.85. The summed E-state index contributed by atoms with van der Waals surface area (Å²) in [6, 6.07) is 5.93. The van der Waals surface area contributed by atoms with Gasteiger partial charge in [0.05, 0.1) is 6.04 Å². The summed E-state index contributed by atoms with van der Waals surface area (Å²) in [6.45, 7) is 5.22. The van der Waals surface area contributed by atoms with Crippen LogP contribution in [0.2, 0.25) is 0 Å². The molecule has 5 nitrogen and oxygen atoms in total. The molecule has 0 aromatic heterocycles. The Balaban J connectivity index is 2.12. The van der Waals surface area contributed by atoms with Crippen LogP contribution in [0.4, 0.5) is 5.69 Å². The van der Waals surface area contributed by atoms with Gasteiger partial charge in [-0.25, -0.2) is 0 Å². The number of anilines is 1. The van der Waals surface area contributed by atoms with Gasteiger partial charge in [0.2, 0.25) is 11.8 Å². The van der Waals surface area contributed by atoms with Gasteiger partial charge in [0, 0.05) is 38.3 Å². The fourth-order valence-electron chi connectivity index (χ4n) is 2.67. The number of benzene rings is 1. The van der Waals surface area contributed by atoms with Crippen molar-refractivity contribution in [3.05, 3.63) is 29.3 Å². The van der Waals surface area contributed by atoms with E-state index in [1.54, 1.807) is 17.9 Å². The van der Waals surface area contributed by atoms with Crippen LogP contribution in [0.15, 0.2) is 18.2 Å². The van der Waals surface area contributed by atoms with Crippen molar-refractivity contribution in [2.75, 3.05) is 25.0 Å². The third-order valence-electron chi connectivity index (χ3n) is 4.05. The smallest absolute Gasteiger partial charge is 0.248 e. The predicted octanol–water partition coefficient (Wildman–Crippen LogP) is 1.15. The second kappa shape index (κ2) is 5.53. The average molecular weight is 275 g/mol. The Morgan fingerprint density at radius 2 is 2.10 bits per heavy atom. The van der Waals surface area contributed by atoms with E-state index in [0.717, 1.165) is 30.8 Å². The third-order valence-corrected chi connectivity index (χ3v) is 4.05. The van der Waals surface area contributed by atoms with Crippen LogP contribution < -0.4 is 10.6 Å². The lowest BCUT2D eigenvalue weighted by molar-refractivity contribution is -0.129. The molecule has 20 heavy (non-hydrogen) atoms. The first-order chi connectivity index (χ1) is 9.40. The Morgan fingerprint density at radius 3 is 2.65 bits per heavy atom. The molecule has 1 aliphatic rings. The van der Waals surface area contributed by atoms with Crippen LogP contribution in [-0.4, -0.2) is 42.9 Å². The van der Waals surface area contributed by atoms with E-state index >= 15 is 0 Å². The number of primary amides is 1. The zero-order chi connectivity index (χ0) is 14.9. The summed E-state index contributed by atoms with van der Waals surface area (Å²) < 4.78 is 0. The number of likely N-dealkylation sites (N-methyl/N-ethyl adjacent to an activating group) is 1. The molecule has 1 unspecified atom stereocenters. The summed E-state index contributed by atoms with van der Waals surface area (Å²) in [6.07, 6.45) is 0.965. The maximum Gasteiger partial charge on any atom is 0.248 e. The van der Waals surface area contributed by atoms with Gasteiger partial charge >= 0.3 is 0 Å². The summed E-state index contributed by atoms with van der Waals surface area (Å²) in [5.41, 5.74) is 7.84. The predicted molar refractivity (Wildman–Crippen MR) is 78.8 cm³/mol. The highest BCUT2D eigenvalue weighted by Crippen LogP contribution is 2.24. The molecular weight excluding hydrogens is 254 g/mol. The van der Waals surface area contributed by atoms with Crippen LogP contribution in [0.1, 0.15) is 29.3 Å². The Hall–Kier alpha value is -2.04. The van der Waals surface area contributed by atoms with Crippen molar-refractivity contribution in [1.82, 2.24) is 4.90 Å². The van der Waals surface area contributed by atoms with Gasteiger partial charge in [-0.15, -0.1) is 0 Å². The van der Waals surface area contributed by atoms with Crippen molar-refractivity contribution in [2.45, 2.75) is 26.3 Å². The first kappa shape index (κ1) is 14.4. The molecule has 1 heterocycles. The molecule has 1 aromatic carbocycles. The van der Waals surface area contributed by atoms with E-state index in [2.05, 4.69) is 4.90 Å². The minimum atomic E-state index is -0.398. The number of nitrogens with two attached hydrogens (primary N) is 1. The third kappa shape index (κ3) is 2.76. The topological polar surface area (TPSA) is 66.6 Å². The van der Waals surface area contributed by atoms with Gasteiger partial charge < -0.3 is 15.5 Å². The second-order valence-corrected chi connectivity index (χ2v) is 5.38. The highest BCUT2D eigenvalue weighted by Gasteiger charge is 2.27. The zero-order valence-electron chi connectivity index (χ0n) is 12.2. The van der Waals surface area contributed by atoms with E-state index in [1.807, 2.05) is 26.1 Å². The molecule has 1 atom stereocenters. The van der Waals surface area contributed by atoms with Crippen molar-refractivity contribution in [2.24, 2.45) is 5.73 Å². The van der Waals surface area contributed by atoms with Crippen LogP contribution in [0.25, 0.3) is 0 Å². The number of amides is 2. The standard InChI is InChI=1S/C15H21N3O2/c1-10-8-12(4-5-14(10)15(16)20)18-7-6-13(9-18)17(3)11(2)19/h4-5,8,13H,6-7,9H2,1-3H3,(H2,16,20). The molecule has 0 bridgehead atoms. The quantitative estimate of drug-likeness (QED) is 0.900. The lowest BCUT2D eigenvalue weighted by atomic mass is 10.1. The summed E-state index contributed by atoms with van der Waals surface area (Å²) in [4.78, 5) is 26.7. The second-order valence-electron chi connectivity index (χ2n) is 5.38. The van der Waals surface area contributed by atoms with Crippen LogP contribution >= 0.6 is 0 Å². The molecule has 0 radical (unpaired) electrons. The average Bonchev–Trinajstić information content (AvgIpc) is 2.86. The molecule has 1 saturated heterocycles. The normalized spacial score (nSPS) is 18.1. The number of carbonyl (C=O) groups is 2. The van der Waals surface area contributed by atoms with Crippen molar-refractivity contribution in [3.8, 4) is 0 Å². The fourth-order valence-corrected chi connectivity index (χ4v) is 2.67. The van der Waals surface area contributed by atoms with Gasteiger partial charge in [0.1, 0.15) is 0 Å². The first-order valence-electron chi connectivity index (χ1n) is 6.79. The number of rotatable bonds is 3. The van der Waals surface area contributed by atoms with Crippen molar-refractivity contribution in [3.63, 3.8) is 0 Å². The van der Waals surface area contributed by atoms with E-state index in [9.17, 15) is 9.59 Å². The summed E-state index contributed by atoms with van der Waals surface area (Å²) in [5, 5.41) is 0. The molecule has 2 N–H and O–H groups in total. The van der Waals surface area contributed by atoms with E-state index in [1.165, 1.54) is 0 Å². The van der Waals surface area contributed by atoms with Gasteiger partial charge in [0.25, 0.3) is 0 Å². The highest BCUT2D eigenvalue weighted by molar-refractivity contribution is 5.94. The van der Waals surface area contributed by atoms with E-state index in [-0.39, 0.29) is 11.9 Å². The number of carbonyl (C=O) groups excluding carboxylic acids is 2. The largest absolute Gasteiger partial charge is 0.369 e. The minimum absolute atomic E-state index is 0.0945. The molecule has 5 heteroatoms. The van der Waals surface area contributed by atoms with Crippen molar-refractivity contribution in [1.29, 1.82) is 0 Å². The summed E-state index contributed by atoms with van der Waals surface area (Å²) in [5.74, 6) is -0.304. The molecule has 1 aromatic rings. The molecule has 0 aliphatic carbocycles. The molecule has 2 rings (SSSR count). The summed E-state index contributed by atoms with van der Waals surface area (Å²) >= 11 is 0. The molecule has 1 aliphatic heterocycles. The first-order valence-corrected chi connectivity index (χ1v) is 6.79. The molecule has 1 fully saturated rings. The van der Waals surface area contributed by atoms with Crippen LogP contribution in [-0.2, 0) is 4.79 Å². The molecule has 108 valence electrons. The highest BCUT2D eigenvalue weighted by atomic mass is 16.2. The van der Waals surface area contributed by atoms with E-state index in [0.29, 0.717) is 5.56 Å². The number of hydrogen-bond donors (Lipinski definition) is 1.